The van der Waals surface area contributed by atoms with Crippen LogP contribution in [0.15, 0.2) is 48.5 Å². The van der Waals surface area contributed by atoms with E-state index in [9.17, 15) is 4.79 Å². The fourth-order valence-electron chi connectivity index (χ4n) is 4.26. The van der Waals surface area contributed by atoms with Gasteiger partial charge in [0.15, 0.2) is 0 Å². The van der Waals surface area contributed by atoms with Crippen molar-refractivity contribution >= 4 is 11.6 Å². The van der Waals surface area contributed by atoms with E-state index in [1.165, 1.54) is 11.3 Å². The summed E-state index contributed by atoms with van der Waals surface area (Å²) in [4.78, 5) is 19.4. The molecular weight excluding hydrogens is 362 g/mol. The van der Waals surface area contributed by atoms with Crippen LogP contribution in [-0.2, 0) is 6.54 Å². The summed E-state index contributed by atoms with van der Waals surface area (Å²) < 4.78 is 5.79. The maximum atomic E-state index is 12.5. The second kappa shape index (κ2) is 9.31. The smallest absolute Gasteiger partial charge is 0.253 e. The van der Waals surface area contributed by atoms with E-state index in [-0.39, 0.29) is 5.91 Å². The SMILES string of the molecule is CCOc1ccccc1N1CCN(Cc2ccc(C(=O)N3CCCC3)cc2)CC1. The molecule has 0 bridgehead atoms. The monoisotopic (exact) mass is 393 g/mol. The van der Waals surface area contributed by atoms with Crippen molar-refractivity contribution in [1.29, 1.82) is 0 Å². The summed E-state index contributed by atoms with van der Waals surface area (Å²) in [5.74, 6) is 1.15. The molecule has 2 aromatic carbocycles. The molecule has 2 aromatic rings. The largest absolute Gasteiger partial charge is 0.492 e. The first kappa shape index (κ1) is 19.8. The van der Waals surface area contributed by atoms with Crippen molar-refractivity contribution in [3.63, 3.8) is 0 Å². The first-order valence-electron chi connectivity index (χ1n) is 10.8. The number of likely N-dealkylation sites (tertiary alicyclic amines) is 1. The van der Waals surface area contributed by atoms with Crippen LogP contribution in [0.1, 0.15) is 35.7 Å². The first-order valence-corrected chi connectivity index (χ1v) is 10.8. The highest BCUT2D eigenvalue weighted by Gasteiger charge is 2.21. The molecule has 2 saturated heterocycles. The number of hydrogen-bond donors (Lipinski definition) is 0. The maximum absolute atomic E-state index is 12.5. The summed E-state index contributed by atoms with van der Waals surface area (Å²) >= 11 is 0. The van der Waals surface area contributed by atoms with Gasteiger partial charge in [0, 0.05) is 51.4 Å². The van der Waals surface area contributed by atoms with Gasteiger partial charge in [-0.1, -0.05) is 24.3 Å². The number of para-hydroxylation sites is 2. The Kier molecular flexibility index (Phi) is 6.35. The third-order valence-electron chi connectivity index (χ3n) is 5.88. The predicted molar refractivity (Wildman–Crippen MR) is 117 cm³/mol. The molecule has 0 N–H and O–H groups in total. The van der Waals surface area contributed by atoms with Crippen molar-refractivity contribution in [1.82, 2.24) is 9.80 Å². The Morgan fingerprint density at radius 2 is 1.59 bits per heavy atom. The lowest BCUT2D eigenvalue weighted by Gasteiger charge is -2.36. The molecule has 0 aromatic heterocycles. The summed E-state index contributed by atoms with van der Waals surface area (Å²) in [5.41, 5.74) is 3.28. The van der Waals surface area contributed by atoms with Crippen LogP contribution in [0.3, 0.4) is 0 Å². The maximum Gasteiger partial charge on any atom is 0.253 e. The predicted octanol–water partition coefficient (Wildman–Crippen LogP) is 3.64. The molecule has 0 spiro atoms. The lowest BCUT2D eigenvalue weighted by atomic mass is 10.1. The molecule has 154 valence electrons. The Morgan fingerprint density at radius 1 is 0.897 bits per heavy atom. The number of rotatable bonds is 6. The van der Waals surface area contributed by atoms with E-state index in [1.54, 1.807) is 0 Å². The number of carbonyl (C=O) groups excluding carboxylic acids is 1. The van der Waals surface area contributed by atoms with Gasteiger partial charge in [-0.2, -0.15) is 0 Å². The molecule has 0 aliphatic carbocycles. The summed E-state index contributed by atoms with van der Waals surface area (Å²) in [6.45, 7) is 9.48. The minimum absolute atomic E-state index is 0.177. The second-order valence-electron chi connectivity index (χ2n) is 7.86. The Balaban J connectivity index is 1.31. The Labute approximate surface area is 173 Å². The highest BCUT2D eigenvalue weighted by molar-refractivity contribution is 5.94. The molecule has 0 saturated carbocycles. The lowest BCUT2D eigenvalue weighted by Crippen LogP contribution is -2.46. The molecular formula is C24H31N3O2. The van der Waals surface area contributed by atoms with E-state index in [4.69, 9.17) is 4.74 Å². The van der Waals surface area contributed by atoms with Gasteiger partial charge in [-0.25, -0.2) is 0 Å². The fraction of sp³-hybridized carbons (Fsp3) is 0.458. The third kappa shape index (κ3) is 4.73. The molecule has 1 amide bonds. The number of piperazine rings is 1. The van der Waals surface area contributed by atoms with Gasteiger partial charge < -0.3 is 14.5 Å². The average Bonchev–Trinajstić information content (AvgIpc) is 3.30. The van der Waals surface area contributed by atoms with Crippen molar-refractivity contribution in [3.05, 3.63) is 59.7 Å². The van der Waals surface area contributed by atoms with Gasteiger partial charge >= 0.3 is 0 Å². The van der Waals surface area contributed by atoms with Gasteiger partial charge in [-0.15, -0.1) is 0 Å². The van der Waals surface area contributed by atoms with Crippen LogP contribution in [-0.4, -0.2) is 61.6 Å². The van der Waals surface area contributed by atoms with E-state index >= 15 is 0 Å². The zero-order valence-electron chi connectivity index (χ0n) is 17.3. The number of carbonyl (C=O) groups is 1. The highest BCUT2D eigenvalue weighted by Crippen LogP contribution is 2.29. The Bertz CT molecular complexity index is 807. The highest BCUT2D eigenvalue weighted by atomic mass is 16.5. The van der Waals surface area contributed by atoms with Crippen LogP contribution < -0.4 is 9.64 Å². The topological polar surface area (TPSA) is 36.0 Å². The van der Waals surface area contributed by atoms with E-state index < -0.39 is 0 Å². The van der Waals surface area contributed by atoms with Crippen LogP contribution in [0.2, 0.25) is 0 Å². The Morgan fingerprint density at radius 3 is 2.28 bits per heavy atom. The zero-order valence-corrected chi connectivity index (χ0v) is 17.3. The minimum atomic E-state index is 0.177. The number of hydrogen-bond acceptors (Lipinski definition) is 4. The summed E-state index contributed by atoms with van der Waals surface area (Å²) in [6, 6.07) is 16.5. The molecule has 4 rings (SSSR count). The fourth-order valence-corrected chi connectivity index (χ4v) is 4.26. The van der Waals surface area contributed by atoms with E-state index in [0.717, 1.165) is 70.0 Å². The Hall–Kier alpha value is -2.53. The summed E-state index contributed by atoms with van der Waals surface area (Å²) in [5, 5.41) is 0. The van der Waals surface area contributed by atoms with E-state index in [1.807, 2.05) is 30.0 Å². The van der Waals surface area contributed by atoms with Crippen LogP contribution >= 0.6 is 0 Å². The molecule has 2 fully saturated rings. The molecule has 0 radical (unpaired) electrons. The van der Waals surface area contributed by atoms with Crippen LogP contribution in [0.4, 0.5) is 5.69 Å². The van der Waals surface area contributed by atoms with Crippen molar-refractivity contribution in [2.24, 2.45) is 0 Å². The van der Waals surface area contributed by atoms with Gasteiger partial charge in [-0.05, 0) is 49.6 Å². The van der Waals surface area contributed by atoms with Crippen LogP contribution in [0, 0.1) is 0 Å². The van der Waals surface area contributed by atoms with Crippen molar-refractivity contribution in [3.8, 4) is 5.75 Å². The molecule has 2 aliphatic rings. The van der Waals surface area contributed by atoms with Gasteiger partial charge in [0.2, 0.25) is 0 Å². The zero-order chi connectivity index (χ0) is 20.1. The third-order valence-corrected chi connectivity index (χ3v) is 5.88. The molecule has 2 heterocycles. The number of amides is 1. The second-order valence-corrected chi connectivity index (χ2v) is 7.86. The standard InChI is InChI=1S/C24H31N3O2/c1-2-29-23-8-4-3-7-22(23)26-17-15-25(16-18-26)19-20-9-11-21(12-10-20)24(28)27-13-5-6-14-27/h3-4,7-12H,2,5-6,13-19H2,1H3. The lowest BCUT2D eigenvalue weighted by molar-refractivity contribution is 0.0793. The van der Waals surface area contributed by atoms with E-state index in [0.29, 0.717) is 6.61 Å². The summed E-state index contributed by atoms with van der Waals surface area (Å²) in [7, 11) is 0. The van der Waals surface area contributed by atoms with Crippen molar-refractivity contribution in [2.45, 2.75) is 26.3 Å². The van der Waals surface area contributed by atoms with Crippen molar-refractivity contribution < 1.29 is 9.53 Å². The molecule has 0 unspecified atom stereocenters. The minimum Gasteiger partial charge on any atom is -0.492 e. The average molecular weight is 394 g/mol. The molecule has 5 heteroatoms. The quantitative estimate of drug-likeness (QED) is 0.751. The number of anilines is 1. The summed E-state index contributed by atoms with van der Waals surface area (Å²) in [6.07, 6.45) is 2.26. The molecule has 5 nitrogen and oxygen atoms in total. The van der Waals surface area contributed by atoms with Gasteiger partial charge in [0.25, 0.3) is 5.91 Å². The first-order chi connectivity index (χ1) is 14.2. The van der Waals surface area contributed by atoms with Crippen LogP contribution in [0.25, 0.3) is 0 Å². The van der Waals surface area contributed by atoms with Gasteiger partial charge in [0.1, 0.15) is 5.75 Å². The number of ether oxygens (including phenoxy) is 1. The van der Waals surface area contributed by atoms with Gasteiger partial charge in [0.05, 0.1) is 12.3 Å². The number of benzene rings is 2. The molecule has 0 atom stereocenters. The van der Waals surface area contributed by atoms with Gasteiger partial charge in [-0.3, -0.25) is 9.69 Å². The van der Waals surface area contributed by atoms with E-state index in [2.05, 4.69) is 40.1 Å². The molecule has 29 heavy (non-hydrogen) atoms. The number of nitrogens with zero attached hydrogens (tertiary/aromatic N) is 3. The van der Waals surface area contributed by atoms with Crippen molar-refractivity contribution in [2.75, 3.05) is 50.8 Å². The van der Waals surface area contributed by atoms with Crippen LogP contribution in [0.5, 0.6) is 5.75 Å². The normalized spacial score (nSPS) is 17.6. The molecule has 2 aliphatic heterocycles.